The minimum absolute atomic E-state index is 0.00174. The summed E-state index contributed by atoms with van der Waals surface area (Å²) in [6, 6.07) is 1.69. The molecule has 1 heterocycles. The van der Waals surface area contributed by atoms with Gasteiger partial charge in [-0.1, -0.05) is 0 Å². The van der Waals surface area contributed by atoms with Gasteiger partial charge < -0.3 is 5.32 Å². The Kier molecular flexibility index (Phi) is 3.78. The highest BCUT2D eigenvalue weighted by atomic mass is 32.2. The van der Waals surface area contributed by atoms with Crippen LogP contribution in [-0.4, -0.2) is 37.7 Å². The third kappa shape index (κ3) is 3.67. The molecule has 0 aliphatic carbocycles. The molecule has 2 N–H and O–H groups in total. The largest absolute Gasteiger partial charge is 0.353 e. The van der Waals surface area contributed by atoms with Gasteiger partial charge in [0.05, 0.1) is 5.75 Å². The molecule has 1 aromatic rings. The van der Waals surface area contributed by atoms with E-state index in [2.05, 4.69) is 20.0 Å². The van der Waals surface area contributed by atoms with Crippen molar-refractivity contribution in [3.05, 3.63) is 18.5 Å². The van der Waals surface area contributed by atoms with Crippen LogP contribution in [0.25, 0.3) is 0 Å². The maximum absolute atomic E-state index is 11.0. The predicted octanol–water partition coefficient (Wildman–Crippen LogP) is -0.562. The number of anilines is 1. The van der Waals surface area contributed by atoms with Gasteiger partial charge in [0.25, 0.3) is 0 Å². The Bertz CT molecular complexity index is 365. The van der Waals surface area contributed by atoms with Crippen molar-refractivity contribution in [1.82, 2.24) is 14.7 Å². The first-order valence-electron chi connectivity index (χ1n) is 4.06. The van der Waals surface area contributed by atoms with Gasteiger partial charge in [0.2, 0.25) is 16.0 Å². The summed E-state index contributed by atoms with van der Waals surface area (Å²) in [6.07, 6.45) is 3.17. The van der Waals surface area contributed by atoms with Crippen molar-refractivity contribution >= 4 is 16.0 Å². The van der Waals surface area contributed by atoms with E-state index in [0.29, 0.717) is 5.95 Å². The van der Waals surface area contributed by atoms with Crippen molar-refractivity contribution in [2.45, 2.75) is 0 Å². The number of nitrogens with zero attached hydrogens (tertiary/aromatic N) is 2. The van der Waals surface area contributed by atoms with Gasteiger partial charge in [0, 0.05) is 18.9 Å². The molecule has 1 rings (SSSR count). The molecule has 0 fully saturated rings. The Balaban J connectivity index is 2.37. The number of hydrogen-bond donors (Lipinski definition) is 2. The highest BCUT2D eigenvalue weighted by Gasteiger charge is 2.05. The molecule has 0 spiro atoms. The molecule has 0 aliphatic rings. The maximum Gasteiger partial charge on any atom is 0.222 e. The second-order valence-electron chi connectivity index (χ2n) is 2.52. The summed E-state index contributed by atoms with van der Waals surface area (Å²) in [5.41, 5.74) is 0. The van der Waals surface area contributed by atoms with Crippen LogP contribution in [0.1, 0.15) is 0 Å². The lowest BCUT2D eigenvalue weighted by Crippen LogP contribution is -2.26. The first kappa shape index (κ1) is 10.9. The monoisotopic (exact) mass is 216 g/mol. The van der Waals surface area contributed by atoms with Gasteiger partial charge in [-0.25, -0.2) is 23.1 Å². The molecule has 0 atom stereocenters. The molecular weight excluding hydrogens is 204 g/mol. The standard InChI is InChI=1S/C7H12N4O2S/c1-8-14(12,13)6-5-11-7-9-3-2-4-10-7/h2-4,8H,5-6H2,1H3,(H,9,10,11). The van der Waals surface area contributed by atoms with Crippen molar-refractivity contribution < 1.29 is 8.42 Å². The molecule has 0 saturated heterocycles. The van der Waals surface area contributed by atoms with E-state index in [1.807, 2.05) is 0 Å². The summed E-state index contributed by atoms with van der Waals surface area (Å²) in [5.74, 6) is 0.431. The summed E-state index contributed by atoms with van der Waals surface area (Å²) in [7, 11) is -1.77. The molecule has 78 valence electrons. The number of sulfonamides is 1. The maximum atomic E-state index is 11.0. The molecule has 0 bridgehead atoms. The number of rotatable bonds is 5. The molecule has 6 nitrogen and oxygen atoms in total. The smallest absolute Gasteiger partial charge is 0.222 e. The van der Waals surface area contributed by atoms with Crippen LogP contribution in [0.4, 0.5) is 5.95 Å². The highest BCUT2D eigenvalue weighted by Crippen LogP contribution is 1.93. The third-order valence-electron chi connectivity index (χ3n) is 1.53. The van der Waals surface area contributed by atoms with Gasteiger partial charge in [-0.15, -0.1) is 0 Å². The summed E-state index contributed by atoms with van der Waals surface area (Å²) in [5, 5.41) is 2.79. The van der Waals surface area contributed by atoms with Crippen LogP contribution in [0.3, 0.4) is 0 Å². The first-order valence-corrected chi connectivity index (χ1v) is 5.71. The van der Waals surface area contributed by atoms with Gasteiger partial charge >= 0.3 is 0 Å². The van der Waals surface area contributed by atoms with Crippen LogP contribution >= 0.6 is 0 Å². The molecule has 0 aromatic carbocycles. The normalized spacial score (nSPS) is 11.2. The van der Waals surface area contributed by atoms with Crippen LogP contribution in [0, 0.1) is 0 Å². The van der Waals surface area contributed by atoms with Crippen LogP contribution in [-0.2, 0) is 10.0 Å². The van der Waals surface area contributed by atoms with E-state index in [-0.39, 0.29) is 12.3 Å². The SMILES string of the molecule is CNS(=O)(=O)CCNc1ncccn1. The van der Waals surface area contributed by atoms with E-state index in [9.17, 15) is 8.42 Å². The summed E-state index contributed by atoms with van der Waals surface area (Å²) in [4.78, 5) is 7.77. The second-order valence-corrected chi connectivity index (χ2v) is 4.57. The van der Waals surface area contributed by atoms with Gasteiger partial charge in [0.1, 0.15) is 0 Å². The summed E-state index contributed by atoms with van der Waals surface area (Å²) in [6.45, 7) is 0.285. The van der Waals surface area contributed by atoms with E-state index in [1.165, 1.54) is 7.05 Å². The van der Waals surface area contributed by atoms with Gasteiger partial charge in [-0.05, 0) is 13.1 Å². The van der Waals surface area contributed by atoms with Crippen LogP contribution in [0.15, 0.2) is 18.5 Å². The average Bonchev–Trinajstić information content (AvgIpc) is 2.19. The van der Waals surface area contributed by atoms with Gasteiger partial charge in [-0.2, -0.15) is 0 Å². The molecule has 0 saturated carbocycles. The van der Waals surface area contributed by atoms with Crippen molar-refractivity contribution in [2.24, 2.45) is 0 Å². The molecule has 0 amide bonds. The molecule has 14 heavy (non-hydrogen) atoms. The minimum Gasteiger partial charge on any atom is -0.353 e. The quantitative estimate of drug-likeness (QED) is 0.689. The molecule has 0 radical (unpaired) electrons. The zero-order valence-corrected chi connectivity index (χ0v) is 8.58. The molecule has 1 aromatic heterocycles. The lowest BCUT2D eigenvalue weighted by atomic mass is 10.6. The lowest BCUT2D eigenvalue weighted by Gasteiger charge is -2.03. The van der Waals surface area contributed by atoms with Crippen LogP contribution in [0.2, 0.25) is 0 Å². The Morgan fingerprint density at radius 2 is 2.00 bits per heavy atom. The number of nitrogens with one attached hydrogen (secondary N) is 2. The Hall–Kier alpha value is -1.21. The fraction of sp³-hybridized carbons (Fsp3) is 0.429. The average molecular weight is 216 g/mol. The summed E-state index contributed by atoms with van der Waals surface area (Å²) < 4.78 is 24.2. The topological polar surface area (TPSA) is 84.0 Å². The van der Waals surface area contributed by atoms with E-state index in [4.69, 9.17) is 0 Å². The van der Waals surface area contributed by atoms with E-state index >= 15 is 0 Å². The minimum atomic E-state index is -3.16. The van der Waals surface area contributed by atoms with E-state index < -0.39 is 10.0 Å². The Morgan fingerprint density at radius 3 is 2.57 bits per heavy atom. The third-order valence-corrected chi connectivity index (χ3v) is 2.89. The highest BCUT2D eigenvalue weighted by molar-refractivity contribution is 7.89. The molecule has 0 aliphatic heterocycles. The second kappa shape index (κ2) is 4.87. The van der Waals surface area contributed by atoms with Gasteiger partial charge in [0.15, 0.2) is 0 Å². The molecular formula is C7H12N4O2S. The van der Waals surface area contributed by atoms with Crippen molar-refractivity contribution in [2.75, 3.05) is 24.7 Å². The summed E-state index contributed by atoms with van der Waals surface area (Å²) >= 11 is 0. The van der Waals surface area contributed by atoms with Crippen molar-refractivity contribution in [3.63, 3.8) is 0 Å². The number of hydrogen-bond acceptors (Lipinski definition) is 5. The lowest BCUT2D eigenvalue weighted by molar-refractivity contribution is 0.588. The van der Waals surface area contributed by atoms with E-state index in [0.717, 1.165) is 0 Å². The van der Waals surface area contributed by atoms with Gasteiger partial charge in [-0.3, -0.25) is 0 Å². The Morgan fingerprint density at radius 1 is 1.36 bits per heavy atom. The molecule has 7 heteroatoms. The fourth-order valence-electron chi connectivity index (χ4n) is 0.790. The zero-order valence-electron chi connectivity index (χ0n) is 7.77. The number of aromatic nitrogens is 2. The first-order chi connectivity index (χ1) is 6.64. The Labute approximate surface area is 82.8 Å². The van der Waals surface area contributed by atoms with Crippen LogP contribution < -0.4 is 10.0 Å². The zero-order chi connectivity index (χ0) is 10.4. The fourth-order valence-corrected chi connectivity index (χ4v) is 1.36. The predicted molar refractivity (Wildman–Crippen MR) is 53.4 cm³/mol. The van der Waals surface area contributed by atoms with Crippen molar-refractivity contribution in [3.8, 4) is 0 Å². The molecule has 0 unspecified atom stereocenters. The van der Waals surface area contributed by atoms with Crippen LogP contribution in [0.5, 0.6) is 0 Å². The van der Waals surface area contributed by atoms with E-state index in [1.54, 1.807) is 18.5 Å². The van der Waals surface area contributed by atoms with Crippen molar-refractivity contribution in [1.29, 1.82) is 0 Å².